The number of nitrogens with zero attached hydrogens (tertiary/aromatic N) is 2. The highest BCUT2D eigenvalue weighted by atomic mass is 19.4. The molecule has 2 aromatic carbocycles. The number of pyridine rings is 1. The zero-order valence-corrected chi connectivity index (χ0v) is 19.2. The van der Waals surface area contributed by atoms with E-state index in [9.17, 15) is 22.8 Å². The molecule has 1 aromatic heterocycles. The van der Waals surface area contributed by atoms with E-state index in [4.69, 9.17) is 9.47 Å². The largest absolute Gasteiger partial charge is 0.455 e. The number of benzene rings is 2. The summed E-state index contributed by atoms with van der Waals surface area (Å²) >= 11 is 0. The third-order valence-electron chi connectivity index (χ3n) is 5.71. The highest BCUT2D eigenvalue weighted by Gasteiger charge is 2.32. The molecule has 1 N–H and O–H groups in total. The van der Waals surface area contributed by atoms with Crippen LogP contribution in [0.1, 0.15) is 18.4 Å². The van der Waals surface area contributed by atoms with Crippen LogP contribution >= 0.6 is 0 Å². The van der Waals surface area contributed by atoms with E-state index in [2.05, 4.69) is 10.3 Å². The van der Waals surface area contributed by atoms with E-state index in [1.807, 2.05) is 23.1 Å². The molecule has 188 valence electrons. The number of carbonyl (C=O) groups is 2. The van der Waals surface area contributed by atoms with Crippen molar-refractivity contribution in [1.82, 2.24) is 4.98 Å². The molecular weight excluding hydrogens is 475 g/mol. The van der Waals surface area contributed by atoms with Crippen LogP contribution < -0.4 is 15.0 Å². The molecule has 0 saturated carbocycles. The molecule has 0 unspecified atom stereocenters. The Bertz CT molecular complexity index is 1180. The normalized spacial score (nSPS) is 14.2. The summed E-state index contributed by atoms with van der Waals surface area (Å²) in [5, 5.41) is 2.69. The fraction of sp³-hybridized carbons (Fsp3) is 0.269. The molecule has 1 amide bonds. The number of hydrogen-bond acceptors (Lipinski definition) is 6. The molecule has 2 heterocycles. The SMILES string of the molecule is O=C(COC(=O)C1CCN(c2ccc(C(F)(F)F)cn2)CC1)Nc1ccccc1Oc1ccccc1. The van der Waals surface area contributed by atoms with Crippen LogP contribution in [0.2, 0.25) is 0 Å². The minimum atomic E-state index is -4.44. The van der Waals surface area contributed by atoms with Crippen LogP contribution in [-0.4, -0.2) is 36.6 Å². The first-order chi connectivity index (χ1) is 17.3. The van der Waals surface area contributed by atoms with Gasteiger partial charge in [0.1, 0.15) is 11.6 Å². The number of anilines is 2. The van der Waals surface area contributed by atoms with Gasteiger partial charge in [-0.15, -0.1) is 0 Å². The fourth-order valence-corrected chi connectivity index (χ4v) is 3.80. The molecule has 36 heavy (non-hydrogen) atoms. The molecule has 1 fully saturated rings. The number of nitrogens with one attached hydrogen (secondary N) is 1. The number of aromatic nitrogens is 1. The van der Waals surface area contributed by atoms with Crippen molar-refractivity contribution in [3.05, 3.63) is 78.5 Å². The second kappa shape index (κ2) is 11.1. The number of piperidine rings is 1. The fourth-order valence-electron chi connectivity index (χ4n) is 3.80. The first-order valence-electron chi connectivity index (χ1n) is 11.4. The van der Waals surface area contributed by atoms with Crippen LogP contribution in [0.4, 0.5) is 24.7 Å². The molecular formula is C26H24F3N3O4. The van der Waals surface area contributed by atoms with Gasteiger partial charge in [0.25, 0.3) is 5.91 Å². The van der Waals surface area contributed by atoms with Crippen molar-refractivity contribution in [1.29, 1.82) is 0 Å². The summed E-state index contributed by atoms with van der Waals surface area (Å²) in [6.07, 6.45) is -2.75. The van der Waals surface area contributed by atoms with Gasteiger partial charge in [0.15, 0.2) is 12.4 Å². The van der Waals surface area contributed by atoms with Gasteiger partial charge in [-0.2, -0.15) is 13.2 Å². The van der Waals surface area contributed by atoms with Crippen LogP contribution in [0.5, 0.6) is 11.5 Å². The van der Waals surface area contributed by atoms with Crippen molar-refractivity contribution in [2.45, 2.75) is 19.0 Å². The molecule has 1 aliphatic rings. The number of para-hydroxylation sites is 3. The van der Waals surface area contributed by atoms with Crippen LogP contribution in [-0.2, 0) is 20.5 Å². The first kappa shape index (κ1) is 25.0. The number of hydrogen-bond donors (Lipinski definition) is 1. The number of halogens is 3. The van der Waals surface area contributed by atoms with Crippen molar-refractivity contribution in [2.75, 3.05) is 29.9 Å². The topological polar surface area (TPSA) is 80.8 Å². The molecule has 0 bridgehead atoms. The first-order valence-corrected chi connectivity index (χ1v) is 11.4. The van der Waals surface area contributed by atoms with E-state index >= 15 is 0 Å². The van der Waals surface area contributed by atoms with Crippen LogP contribution in [0.25, 0.3) is 0 Å². The maximum atomic E-state index is 12.7. The monoisotopic (exact) mass is 499 g/mol. The predicted molar refractivity (Wildman–Crippen MR) is 127 cm³/mol. The van der Waals surface area contributed by atoms with E-state index in [0.29, 0.717) is 48.9 Å². The summed E-state index contributed by atoms with van der Waals surface area (Å²) in [6, 6.07) is 18.4. The van der Waals surface area contributed by atoms with Crippen molar-refractivity contribution < 1.29 is 32.2 Å². The van der Waals surface area contributed by atoms with Crippen LogP contribution in [0.3, 0.4) is 0 Å². The summed E-state index contributed by atoms with van der Waals surface area (Å²) < 4.78 is 49.2. The van der Waals surface area contributed by atoms with Gasteiger partial charge in [-0.25, -0.2) is 4.98 Å². The van der Waals surface area contributed by atoms with Crippen LogP contribution in [0.15, 0.2) is 72.9 Å². The molecule has 7 nitrogen and oxygen atoms in total. The van der Waals surface area contributed by atoms with Gasteiger partial charge in [0.05, 0.1) is 17.2 Å². The minimum Gasteiger partial charge on any atom is -0.455 e. The standard InChI is InChI=1S/C26H24F3N3O4/c27-26(28,29)19-10-11-23(30-16-19)32-14-12-18(13-15-32)25(34)35-17-24(33)31-21-8-4-5-9-22(21)36-20-6-2-1-3-7-20/h1-11,16,18H,12-15,17H2,(H,31,33). The molecule has 10 heteroatoms. The third-order valence-corrected chi connectivity index (χ3v) is 5.71. The van der Waals surface area contributed by atoms with Gasteiger partial charge in [-0.1, -0.05) is 30.3 Å². The zero-order chi connectivity index (χ0) is 25.5. The lowest BCUT2D eigenvalue weighted by Crippen LogP contribution is -2.38. The smallest absolute Gasteiger partial charge is 0.417 e. The number of carbonyl (C=O) groups excluding carboxylic acids is 2. The number of rotatable bonds is 7. The molecule has 3 aromatic rings. The van der Waals surface area contributed by atoms with Gasteiger partial charge in [-0.05, 0) is 49.2 Å². The summed E-state index contributed by atoms with van der Waals surface area (Å²) in [6.45, 7) is 0.433. The Morgan fingerprint density at radius 1 is 0.972 bits per heavy atom. The van der Waals surface area contributed by atoms with Crippen molar-refractivity contribution >= 4 is 23.4 Å². The number of amides is 1. The molecule has 0 atom stereocenters. The van der Waals surface area contributed by atoms with Gasteiger partial charge < -0.3 is 19.7 Å². The Kier molecular flexibility index (Phi) is 7.72. The lowest BCUT2D eigenvalue weighted by molar-refractivity contribution is -0.152. The summed E-state index contributed by atoms with van der Waals surface area (Å²) in [7, 11) is 0. The Morgan fingerprint density at radius 2 is 1.67 bits per heavy atom. The highest BCUT2D eigenvalue weighted by molar-refractivity contribution is 5.94. The maximum absolute atomic E-state index is 12.7. The molecule has 0 radical (unpaired) electrons. The molecule has 0 aliphatic carbocycles. The Balaban J connectivity index is 1.24. The quantitative estimate of drug-likeness (QED) is 0.445. The van der Waals surface area contributed by atoms with E-state index in [-0.39, 0.29) is 0 Å². The lowest BCUT2D eigenvalue weighted by atomic mass is 9.97. The molecule has 0 spiro atoms. The van der Waals surface area contributed by atoms with E-state index in [1.54, 1.807) is 36.4 Å². The Morgan fingerprint density at radius 3 is 2.33 bits per heavy atom. The second-order valence-corrected chi connectivity index (χ2v) is 8.23. The van der Waals surface area contributed by atoms with E-state index < -0.39 is 36.1 Å². The van der Waals surface area contributed by atoms with Crippen molar-refractivity contribution in [2.24, 2.45) is 5.92 Å². The van der Waals surface area contributed by atoms with Gasteiger partial charge in [0, 0.05) is 19.3 Å². The van der Waals surface area contributed by atoms with Crippen molar-refractivity contribution in [3.8, 4) is 11.5 Å². The summed E-state index contributed by atoms with van der Waals surface area (Å²) in [5.74, 6) is 0.0942. The summed E-state index contributed by atoms with van der Waals surface area (Å²) in [5.41, 5.74) is -0.364. The van der Waals surface area contributed by atoms with E-state index in [0.717, 1.165) is 12.3 Å². The third kappa shape index (κ3) is 6.53. The Hall–Kier alpha value is -4.08. The number of ether oxygens (including phenoxy) is 2. The zero-order valence-electron chi connectivity index (χ0n) is 19.2. The van der Waals surface area contributed by atoms with E-state index in [1.165, 1.54) is 6.07 Å². The second-order valence-electron chi connectivity index (χ2n) is 8.23. The van der Waals surface area contributed by atoms with Crippen LogP contribution in [0, 0.1) is 5.92 Å². The Labute approximate surface area is 205 Å². The predicted octanol–water partition coefficient (Wildman–Crippen LogP) is 5.29. The molecule has 1 saturated heterocycles. The number of esters is 1. The molecule has 4 rings (SSSR count). The van der Waals surface area contributed by atoms with Gasteiger partial charge in [-0.3, -0.25) is 9.59 Å². The average molecular weight is 499 g/mol. The van der Waals surface area contributed by atoms with Crippen molar-refractivity contribution in [3.63, 3.8) is 0 Å². The lowest BCUT2D eigenvalue weighted by Gasteiger charge is -2.31. The van der Waals surface area contributed by atoms with Gasteiger partial charge >= 0.3 is 12.1 Å². The van der Waals surface area contributed by atoms with Gasteiger partial charge in [0.2, 0.25) is 0 Å². The maximum Gasteiger partial charge on any atom is 0.417 e. The minimum absolute atomic E-state index is 0.405. The molecule has 1 aliphatic heterocycles. The summed E-state index contributed by atoms with van der Waals surface area (Å²) in [4.78, 5) is 30.6. The number of alkyl halides is 3. The average Bonchev–Trinajstić information content (AvgIpc) is 2.89. The highest BCUT2D eigenvalue weighted by Crippen LogP contribution is 2.31.